The van der Waals surface area contributed by atoms with Gasteiger partial charge in [0.05, 0.1) is 0 Å². The molecule has 1 aliphatic carbocycles. The maximum atomic E-state index is 12.9. The van der Waals surface area contributed by atoms with Gasteiger partial charge in [-0.15, -0.1) is 0 Å². The molecule has 7 nitrogen and oxygen atoms in total. The smallest absolute Gasteiger partial charge is 0.248 e. The van der Waals surface area contributed by atoms with Gasteiger partial charge in [-0.05, 0) is 45.4 Å². The van der Waals surface area contributed by atoms with Crippen molar-refractivity contribution in [2.45, 2.75) is 83.1 Å². The van der Waals surface area contributed by atoms with Crippen LogP contribution < -0.4 is 5.32 Å². The van der Waals surface area contributed by atoms with E-state index in [1.54, 1.807) is 13.8 Å². The molecule has 0 aromatic carbocycles. The molecule has 1 unspecified atom stereocenters. The Morgan fingerprint density at radius 1 is 1.11 bits per heavy atom. The Kier molecular flexibility index (Phi) is 6.81. The molecule has 1 atom stereocenters. The van der Waals surface area contributed by atoms with Crippen LogP contribution in [-0.4, -0.2) is 42.9 Å². The summed E-state index contributed by atoms with van der Waals surface area (Å²) in [7, 11) is -3.60. The molecule has 2 aliphatic rings. The van der Waals surface area contributed by atoms with E-state index in [9.17, 15) is 13.2 Å². The standard InChI is InChI=1S/C20H33N3O4S/c1-14(20(24)21-18-8-6-4-5-7-9-18)17-10-12-23(13-11-17)28(25,26)19-15(2)22-27-16(19)3/h14,17-18H,4-13H2,1-3H3,(H,21,24). The van der Waals surface area contributed by atoms with Crippen molar-refractivity contribution in [3.63, 3.8) is 0 Å². The lowest BCUT2D eigenvalue weighted by Crippen LogP contribution is -2.44. The number of amides is 1. The first-order valence-corrected chi connectivity index (χ1v) is 12.0. The summed E-state index contributed by atoms with van der Waals surface area (Å²) in [6.45, 7) is 6.11. The van der Waals surface area contributed by atoms with Crippen LogP contribution in [0.25, 0.3) is 0 Å². The third kappa shape index (κ3) is 4.59. The molecule has 1 aliphatic heterocycles. The summed E-state index contributed by atoms with van der Waals surface area (Å²) in [5, 5.41) is 7.02. The lowest BCUT2D eigenvalue weighted by atomic mass is 9.85. The van der Waals surface area contributed by atoms with Crippen LogP contribution in [0, 0.1) is 25.7 Å². The Labute approximate surface area is 168 Å². The number of carbonyl (C=O) groups is 1. The molecule has 1 aromatic heterocycles. The van der Waals surface area contributed by atoms with Gasteiger partial charge in [0.15, 0.2) is 5.76 Å². The van der Waals surface area contributed by atoms with E-state index >= 15 is 0 Å². The number of aryl methyl sites for hydroxylation is 2. The summed E-state index contributed by atoms with van der Waals surface area (Å²) in [5.41, 5.74) is 0.399. The number of hydrogen-bond acceptors (Lipinski definition) is 5. The van der Waals surface area contributed by atoms with Crippen molar-refractivity contribution in [1.29, 1.82) is 0 Å². The van der Waals surface area contributed by atoms with Crippen LogP contribution in [0.15, 0.2) is 9.42 Å². The topological polar surface area (TPSA) is 92.5 Å². The monoisotopic (exact) mass is 411 g/mol. The number of aromatic nitrogens is 1. The highest BCUT2D eigenvalue weighted by molar-refractivity contribution is 7.89. The molecule has 0 bridgehead atoms. The Hall–Kier alpha value is -1.41. The summed E-state index contributed by atoms with van der Waals surface area (Å²) >= 11 is 0. The minimum atomic E-state index is -3.60. The third-order valence-electron chi connectivity index (χ3n) is 6.39. The molecule has 1 N–H and O–H groups in total. The second-order valence-corrected chi connectivity index (χ2v) is 10.3. The summed E-state index contributed by atoms with van der Waals surface area (Å²) in [6, 6.07) is 0.303. The Morgan fingerprint density at radius 2 is 1.71 bits per heavy atom. The number of nitrogens with zero attached hydrogens (tertiary/aromatic N) is 2. The molecule has 2 fully saturated rings. The molecule has 0 radical (unpaired) electrons. The van der Waals surface area contributed by atoms with Crippen molar-refractivity contribution in [2.24, 2.45) is 11.8 Å². The first kappa shape index (κ1) is 21.3. The van der Waals surface area contributed by atoms with Gasteiger partial charge >= 0.3 is 0 Å². The van der Waals surface area contributed by atoms with Gasteiger partial charge in [-0.25, -0.2) is 8.42 Å². The number of nitrogens with one attached hydrogen (secondary N) is 1. The molecule has 1 saturated heterocycles. The normalized spacial score (nSPS) is 22.0. The van der Waals surface area contributed by atoms with Crippen LogP contribution in [0.4, 0.5) is 0 Å². The van der Waals surface area contributed by atoms with E-state index < -0.39 is 10.0 Å². The summed E-state index contributed by atoms with van der Waals surface area (Å²) in [5.74, 6) is 0.573. The zero-order chi connectivity index (χ0) is 20.3. The van der Waals surface area contributed by atoms with E-state index in [2.05, 4.69) is 10.5 Å². The minimum absolute atomic E-state index is 0.0906. The lowest BCUT2D eigenvalue weighted by Gasteiger charge is -2.34. The highest BCUT2D eigenvalue weighted by atomic mass is 32.2. The van der Waals surface area contributed by atoms with Gasteiger partial charge in [0, 0.05) is 25.0 Å². The maximum Gasteiger partial charge on any atom is 0.248 e. The number of sulfonamides is 1. The fourth-order valence-electron chi connectivity index (χ4n) is 4.56. The van der Waals surface area contributed by atoms with Gasteiger partial charge in [-0.1, -0.05) is 37.8 Å². The maximum absolute atomic E-state index is 12.9. The third-order valence-corrected chi connectivity index (χ3v) is 8.53. The van der Waals surface area contributed by atoms with Crippen molar-refractivity contribution < 1.29 is 17.7 Å². The molecule has 2 heterocycles. The van der Waals surface area contributed by atoms with E-state index in [0.29, 0.717) is 43.4 Å². The molecule has 0 spiro atoms. The molecule has 3 rings (SSSR count). The Morgan fingerprint density at radius 3 is 2.25 bits per heavy atom. The summed E-state index contributed by atoms with van der Waals surface area (Å²) < 4.78 is 32.4. The van der Waals surface area contributed by atoms with Gasteiger partial charge in [0.25, 0.3) is 0 Å². The van der Waals surface area contributed by atoms with E-state index in [0.717, 1.165) is 12.8 Å². The quantitative estimate of drug-likeness (QED) is 0.751. The minimum Gasteiger partial charge on any atom is -0.360 e. The van der Waals surface area contributed by atoms with Crippen molar-refractivity contribution in [3.8, 4) is 0 Å². The first-order chi connectivity index (χ1) is 13.3. The SMILES string of the molecule is Cc1noc(C)c1S(=O)(=O)N1CCC(C(C)C(=O)NC2CCCCCC2)CC1. The summed E-state index contributed by atoms with van der Waals surface area (Å²) in [4.78, 5) is 12.9. The first-order valence-electron chi connectivity index (χ1n) is 10.5. The van der Waals surface area contributed by atoms with Crippen molar-refractivity contribution in [3.05, 3.63) is 11.5 Å². The molecule has 1 aromatic rings. The van der Waals surface area contributed by atoms with E-state index in [-0.39, 0.29) is 22.6 Å². The second kappa shape index (κ2) is 8.95. The van der Waals surface area contributed by atoms with Crippen molar-refractivity contribution in [2.75, 3.05) is 13.1 Å². The number of hydrogen-bond donors (Lipinski definition) is 1. The van der Waals surface area contributed by atoms with Gasteiger partial charge in [0.2, 0.25) is 15.9 Å². The summed E-state index contributed by atoms with van der Waals surface area (Å²) in [6.07, 6.45) is 8.46. The zero-order valence-corrected chi connectivity index (χ0v) is 18.1. The largest absolute Gasteiger partial charge is 0.360 e. The van der Waals surface area contributed by atoms with Crippen LogP contribution in [0.5, 0.6) is 0 Å². The van der Waals surface area contributed by atoms with Gasteiger partial charge in [-0.3, -0.25) is 4.79 Å². The van der Waals surface area contributed by atoms with Crippen molar-refractivity contribution >= 4 is 15.9 Å². The van der Waals surface area contributed by atoms with E-state index in [1.165, 1.54) is 30.0 Å². The van der Waals surface area contributed by atoms with Crippen LogP contribution >= 0.6 is 0 Å². The van der Waals surface area contributed by atoms with Gasteiger partial charge in [-0.2, -0.15) is 4.31 Å². The molecular formula is C20H33N3O4S. The van der Waals surface area contributed by atoms with Crippen LogP contribution in [-0.2, 0) is 14.8 Å². The molecular weight excluding hydrogens is 378 g/mol. The number of piperidine rings is 1. The van der Waals surface area contributed by atoms with Gasteiger partial charge < -0.3 is 9.84 Å². The Bertz CT molecular complexity index is 754. The highest BCUT2D eigenvalue weighted by Gasteiger charge is 2.36. The molecule has 158 valence electrons. The lowest BCUT2D eigenvalue weighted by molar-refractivity contribution is -0.127. The highest BCUT2D eigenvalue weighted by Crippen LogP contribution is 2.31. The predicted molar refractivity (Wildman–Crippen MR) is 106 cm³/mol. The number of rotatable bonds is 5. The van der Waals surface area contributed by atoms with E-state index in [4.69, 9.17) is 4.52 Å². The average Bonchev–Trinajstić information content (AvgIpc) is 2.86. The average molecular weight is 412 g/mol. The molecule has 1 amide bonds. The van der Waals surface area contributed by atoms with Crippen molar-refractivity contribution in [1.82, 2.24) is 14.8 Å². The number of carbonyl (C=O) groups excluding carboxylic acids is 1. The second-order valence-electron chi connectivity index (χ2n) is 8.38. The van der Waals surface area contributed by atoms with E-state index in [1.807, 2.05) is 6.92 Å². The molecule has 28 heavy (non-hydrogen) atoms. The fourth-order valence-corrected chi connectivity index (χ4v) is 6.32. The van der Waals surface area contributed by atoms with Crippen LogP contribution in [0.2, 0.25) is 0 Å². The molecule has 8 heteroatoms. The zero-order valence-electron chi connectivity index (χ0n) is 17.2. The van der Waals surface area contributed by atoms with Crippen LogP contribution in [0.3, 0.4) is 0 Å². The van der Waals surface area contributed by atoms with Gasteiger partial charge in [0.1, 0.15) is 10.6 Å². The fraction of sp³-hybridized carbons (Fsp3) is 0.800. The molecule has 1 saturated carbocycles. The Balaban J connectivity index is 1.56. The predicted octanol–water partition coefficient (Wildman–Crippen LogP) is 3.17. The van der Waals surface area contributed by atoms with Crippen LogP contribution in [0.1, 0.15) is 69.7 Å².